The van der Waals surface area contributed by atoms with Crippen molar-refractivity contribution in [3.05, 3.63) is 89.0 Å². The van der Waals surface area contributed by atoms with E-state index in [2.05, 4.69) is 85.5 Å². The predicted octanol–water partition coefficient (Wildman–Crippen LogP) is 8.96. The third-order valence-corrected chi connectivity index (χ3v) is 13.9. The van der Waals surface area contributed by atoms with Gasteiger partial charge in [0.05, 0.1) is 0 Å². The van der Waals surface area contributed by atoms with Gasteiger partial charge in [-0.1, -0.05) is 30.3 Å². The average molecular weight is 654 g/mol. The van der Waals surface area contributed by atoms with Crippen LogP contribution < -0.4 is 4.90 Å². The molecule has 0 amide bonds. The van der Waals surface area contributed by atoms with Crippen LogP contribution in [0.25, 0.3) is 0 Å². The summed E-state index contributed by atoms with van der Waals surface area (Å²) in [6, 6.07) is 25.8. The molecule has 248 valence electrons. The van der Waals surface area contributed by atoms with E-state index in [1.165, 1.54) is 22.3 Å². The number of nitrogens with zero attached hydrogens (tertiary/aromatic N) is 1. The molecule has 0 saturated carbocycles. The van der Waals surface area contributed by atoms with Gasteiger partial charge in [-0.05, 0) is 127 Å². The maximum absolute atomic E-state index is 6.08. The van der Waals surface area contributed by atoms with Gasteiger partial charge >= 0.3 is 17.6 Å². The first-order chi connectivity index (χ1) is 21.8. The van der Waals surface area contributed by atoms with Crippen LogP contribution in [0.5, 0.6) is 0 Å². The molecule has 0 heterocycles. The molecule has 0 aliphatic rings. The highest BCUT2D eigenvalue weighted by Gasteiger charge is 2.40. The van der Waals surface area contributed by atoms with Crippen LogP contribution in [0.1, 0.15) is 63.8 Å². The summed E-state index contributed by atoms with van der Waals surface area (Å²) < 4.78 is 36.5. The fourth-order valence-electron chi connectivity index (χ4n) is 5.53. The number of hydrogen-bond donors (Lipinski definition) is 0. The summed E-state index contributed by atoms with van der Waals surface area (Å²) in [6.07, 6.45) is 1.67. The van der Waals surface area contributed by atoms with E-state index >= 15 is 0 Å². The Hall–Kier alpha value is -2.35. The third kappa shape index (κ3) is 10.6. The van der Waals surface area contributed by atoms with Gasteiger partial charge in [0.2, 0.25) is 0 Å². The van der Waals surface area contributed by atoms with Crippen molar-refractivity contribution < 1.29 is 26.6 Å². The number of rotatable bonds is 21. The van der Waals surface area contributed by atoms with Crippen LogP contribution in [0.15, 0.2) is 66.7 Å². The van der Waals surface area contributed by atoms with Crippen molar-refractivity contribution in [1.82, 2.24) is 0 Å². The summed E-state index contributed by atoms with van der Waals surface area (Å²) in [5.74, 6) is 0. The van der Waals surface area contributed by atoms with Crippen molar-refractivity contribution in [3.8, 4) is 0 Å². The number of benzene rings is 3. The number of anilines is 3. The average Bonchev–Trinajstić information content (AvgIpc) is 3.03. The van der Waals surface area contributed by atoms with Gasteiger partial charge in [-0.2, -0.15) is 0 Å². The van der Waals surface area contributed by atoms with Crippen LogP contribution >= 0.6 is 0 Å². The molecule has 0 aliphatic carbocycles. The molecule has 3 aromatic rings. The van der Waals surface area contributed by atoms with Crippen LogP contribution in [0.4, 0.5) is 17.1 Å². The summed E-state index contributed by atoms with van der Waals surface area (Å²) in [7, 11) is -5.40. The van der Waals surface area contributed by atoms with Crippen molar-refractivity contribution in [2.24, 2.45) is 0 Å². The van der Waals surface area contributed by atoms with Crippen LogP contribution in [-0.4, -0.2) is 57.3 Å². The highest BCUT2D eigenvalue weighted by atomic mass is 28.4. The lowest BCUT2D eigenvalue weighted by Gasteiger charge is -2.29. The first kappa shape index (κ1) is 37.1. The van der Waals surface area contributed by atoms with Gasteiger partial charge < -0.3 is 31.5 Å². The Kier molecular flexibility index (Phi) is 15.4. The van der Waals surface area contributed by atoms with Gasteiger partial charge in [0, 0.05) is 68.8 Å². The molecule has 0 aromatic heterocycles. The molecule has 0 spiro atoms. The van der Waals surface area contributed by atoms with Crippen molar-refractivity contribution in [3.63, 3.8) is 0 Å². The van der Waals surface area contributed by atoms with Gasteiger partial charge in [-0.15, -0.1) is 0 Å². The zero-order chi connectivity index (χ0) is 32.7. The van der Waals surface area contributed by atoms with E-state index in [1.807, 2.05) is 41.5 Å². The Labute approximate surface area is 274 Å². The smallest absolute Gasteiger partial charge is 0.374 e. The third-order valence-electron chi connectivity index (χ3n) is 7.76. The minimum Gasteiger partial charge on any atom is -0.374 e. The first-order valence-electron chi connectivity index (χ1n) is 16.7. The summed E-state index contributed by atoms with van der Waals surface area (Å²) in [5, 5.41) is 0. The van der Waals surface area contributed by atoms with E-state index in [4.69, 9.17) is 26.6 Å². The van der Waals surface area contributed by atoms with Gasteiger partial charge in [0.15, 0.2) is 0 Å². The second kappa shape index (κ2) is 18.7. The van der Waals surface area contributed by atoms with Crippen molar-refractivity contribution in [2.75, 3.05) is 44.5 Å². The quantitative estimate of drug-likeness (QED) is 0.106. The molecule has 45 heavy (non-hydrogen) atoms. The zero-order valence-corrected chi connectivity index (χ0v) is 30.8. The highest BCUT2D eigenvalue weighted by molar-refractivity contribution is 6.61. The van der Waals surface area contributed by atoms with Crippen LogP contribution in [-0.2, 0) is 39.4 Å². The molecule has 3 rings (SSSR count). The molecular weight excluding hydrogens is 599 g/mol. The summed E-state index contributed by atoms with van der Waals surface area (Å²) in [6.45, 7) is 19.8. The van der Waals surface area contributed by atoms with E-state index < -0.39 is 17.6 Å². The van der Waals surface area contributed by atoms with Gasteiger partial charge in [-0.25, -0.2) is 0 Å². The van der Waals surface area contributed by atoms with Gasteiger partial charge in [0.1, 0.15) is 0 Å². The van der Waals surface area contributed by atoms with Crippen LogP contribution in [0, 0.1) is 13.8 Å². The monoisotopic (exact) mass is 653 g/mol. The molecule has 0 saturated heterocycles. The largest absolute Gasteiger partial charge is 0.501 e. The molecule has 0 atom stereocenters. The Morgan fingerprint density at radius 1 is 0.444 bits per heavy atom. The summed E-state index contributed by atoms with van der Waals surface area (Å²) in [5.41, 5.74) is 8.34. The van der Waals surface area contributed by atoms with Gasteiger partial charge in [-0.3, -0.25) is 0 Å². The lowest BCUT2D eigenvalue weighted by Crippen LogP contribution is -2.46. The summed E-state index contributed by atoms with van der Waals surface area (Å²) >= 11 is 0. The molecule has 0 radical (unpaired) electrons. The molecule has 0 N–H and O–H groups in total. The molecule has 0 fully saturated rings. The minimum absolute atomic E-state index is 0.587. The second-order valence-corrected chi connectivity index (χ2v) is 16.4. The maximum atomic E-state index is 6.08. The predicted molar refractivity (Wildman–Crippen MR) is 189 cm³/mol. The van der Waals surface area contributed by atoms with Crippen LogP contribution in [0.2, 0.25) is 12.1 Å². The number of aryl methyl sites for hydroxylation is 4. The topological polar surface area (TPSA) is 58.6 Å². The lowest BCUT2D eigenvalue weighted by molar-refractivity contribution is 0.0706. The Morgan fingerprint density at radius 3 is 1.09 bits per heavy atom. The lowest BCUT2D eigenvalue weighted by atomic mass is 10.1. The second-order valence-electron chi connectivity index (χ2n) is 10.9. The van der Waals surface area contributed by atoms with Gasteiger partial charge in [0.25, 0.3) is 0 Å². The maximum Gasteiger partial charge on any atom is 0.501 e. The first-order valence-corrected chi connectivity index (χ1v) is 20.5. The zero-order valence-electron chi connectivity index (χ0n) is 28.8. The van der Waals surface area contributed by atoms with Crippen molar-refractivity contribution >= 4 is 34.7 Å². The normalized spacial score (nSPS) is 12.1. The fourth-order valence-corrected chi connectivity index (χ4v) is 10.7. The Bertz CT molecular complexity index is 1160. The van der Waals surface area contributed by atoms with E-state index in [-0.39, 0.29) is 0 Å². The minimum atomic E-state index is -2.70. The highest BCUT2D eigenvalue weighted by Crippen LogP contribution is 2.36. The molecule has 0 bridgehead atoms. The van der Waals surface area contributed by atoms with E-state index in [1.54, 1.807) is 0 Å². The van der Waals surface area contributed by atoms with Crippen LogP contribution in [0.3, 0.4) is 0 Å². The molecule has 0 unspecified atom stereocenters. The van der Waals surface area contributed by atoms with Crippen molar-refractivity contribution in [1.29, 1.82) is 0 Å². The number of hydrogen-bond acceptors (Lipinski definition) is 7. The summed E-state index contributed by atoms with van der Waals surface area (Å²) in [4.78, 5) is 2.32. The van der Waals surface area contributed by atoms with E-state index in [9.17, 15) is 0 Å². The Morgan fingerprint density at radius 2 is 0.778 bits per heavy atom. The Balaban J connectivity index is 1.86. The molecule has 7 nitrogen and oxygen atoms in total. The van der Waals surface area contributed by atoms with E-state index in [0.717, 1.165) is 42.0 Å². The molecular formula is C36H55NO6Si2. The van der Waals surface area contributed by atoms with E-state index in [0.29, 0.717) is 39.6 Å². The standard InChI is InChI=1S/C36H55NO6Si2/c1-9-38-44(39-10-2,40-11-3)27-25-32-16-21-34(22-17-32)37(36-20-15-30(7)31(8)29-36)35-23-18-33(19-24-35)26-28-45(41-12-4,42-13-5)43-14-6/h15-24,29H,9-14,25-28H2,1-8H3. The van der Waals surface area contributed by atoms with Crippen molar-refractivity contribution in [2.45, 2.75) is 80.3 Å². The molecule has 0 aliphatic heterocycles. The SMILES string of the molecule is CCO[Si](CCc1ccc(N(c2ccc(CC[Si](OCC)(OCC)OCC)cc2)c2ccc(C)c(C)c2)cc1)(OCC)OCC. The molecule has 9 heteroatoms. The molecule has 3 aromatic carbocycles. The fraction of sp³-hybridized carbons (Fsp3) is 0.500.